The maximum absolute atomic E-state index is 11.4. The summed E-state index contributed by atoms with van der Waals surface area (Å²) in [5, 5.41) is 18.0. The Morgan fingerprint density at radius 2 is 2.57 bits per heavy atom. The number of carbonyl (C=O) groups excluding carboxylic acids is 1. The zero-order chi connectivity index (χ0) is 10.4. The third-order valence-electron chi connectivity index (χ3n) is 1.99. The van der Waals surface area contributed by atoms with Crippen LogP contribution in [0.25, 0.3) is 0 Å². The lowest BCUT2D eigenvalue weighted by Gasteiger charge is -2.13. The molecule has 0 saturated carbocycles. The number of aliphatic hydroxyl groups excluding tert-OH is 1. The molecule has 0 aromatic carbocycles. The molecular weight excluding hydrogens is 182 g/mol. The lowest BCUT2D eigenvalue weighted by molar-refractivity contribution is -0.121. The van der Waals surface area contributed by atoms with Crippen molar-refractivity contribution >= 4 is 5.91 Å². The SMILES string of the molecule is CCC(CO)NC(=O)Cc1ccn[nH]1. The van der Waals surface area contributed by atoms with Gasteiger partial charge in [-0.15, -0.1) is 0 Å². The molecule has 0 fully saturated rings. The molecule has 0 radical (unpaired) electrons. The molecule has 0 spiro atoms. The van der Waals surface area contributed by atoms with Gasteiger partial charge < -0.3 is 10.4 Å². The average molecular weight is 197 g/mol. The number of carbonyl (C=O) groups is 1. The fourth-order valence-electron chi connectivity index (χ4n) is 1.11. The number of rotatable bonds is 5. The first kappa shape index (κ1) is 10.7. The Labute approximate surface area is 82.5 Å². The number of H-pyrrole nitrogens is 1. The molecule has 1 heterocycles. The van der Waals surface area contributed by atoms with Gasteiger partial charge in [-0.05, 0) is 12.5 Å². The monoisotopic (exact) mass is 197 g/mol. The fraction of sp³-hybridized carbons (Fsp3) is 0.556. The van der Waals surface area contributed by atoms with Crippen LogP contribution in [0.2, 0.25) is 0 Å². The van der Waals surface area contributed by atoms with Crippen LogP contribution in [0.4, 0.5) is 0 Å². The van der Waals surface area contributed by atoms with Crippen LogP contribution in [-0.2, 0) is 11.2 Å². The fourth-order valence-corrected chi connectivity index (χ4v) is 1.11. The minimum atomic E-state index is -0.148. The molecule has 1 unspecified atom stereocenters. The topological polar surface area (TPSA) is 78.0 Å². The van der Waals surface area contributed by atoms with Crippen molar-refractivity contribution < 1.29 is 9.90 Å². The Hall–Kier alpha value is -1.36. The van der Waals surface area contributed by atoms with E-state index in [9.17, 15) is 4.79 Å². The Kier molecular flexibility index (Phi) is 4.12. The summed E-state index contributed by atoms with van der Waals surface area (Å²) in [7, 11) is 0. The van der Waals surface area contributed by atoms with Crippen molar-refractivity contribution in [2.24, 2.45) is 0 Å². The van der Waals surface area contributed by atoms with Crippen LogP contribution in [0.3, 0.4) is 0 Å². The summed E-state index contributed by atoms with van der Waals surface area (Å²) in [5.41, 5.74) is 0.773. The van der Waals surface area contributed by atoms with Gasteiger partial charge in [0.15, 0.2) is 0 Å². The first-order valence-corrected chi connectivity index (χ1v) is 4.64. The first-order chi connectivity index (χ1) is 6.76. The number of nitrogens with zero attached hydrogens (tertiary/aromatic N) is 1. The molecule has 5 heteroatoms. The van der Waals surface area contributed by atoms with E-state index in [0.717, 1.165) is 12.1 Å². The van der Waals surface area contributed by atoms with Crippen molar-refractivity contribution in [2.45, 2.75) is 25.8 Å². The highest BCUT2D eigenvalue weighted by atomic mass is 16.3. The van der Waals surface area contributed by atoms with Crippen LogP contribution >= 0.6 is 0 Å². The highest BCUT2D eigenvalue weighted by Gasteiger charge is 2.09. The summed E-state index contributed by atoms with van der Waals surface area (Å²) in [6, 6.07) is 1.60. The van der Waals surface area contributed by atoms with Crippen molar-refractivity contribution in [3.63, 3.8) is 0 Å². The van der Waals surface area contributed by atoms with Crippen molar-refractivity contribution in [1.82, 2.24) is 15.5 Å². The third kappa shape index (κ3) is 3.18. The highest BCUT2D eigenvalue weighted by molar-refractivity contribution is 5.78. The van der Waals surface area contributed by atoms with Gasteiger partial charge in [-0.25, -0.2) is 0 Å². The number of aliphatic hydroxyl groups is 1. The summed E-state index contributed by atoms with van der Waals surface area (Å²) >= 11 is 0. The quantitative estimate of drug-likeness (QED) is 0.613. The zero-order valence-electron chi connectivity index (χ0n) is 8.16. The van der Waals surface area contributed by atoms with Gasteiger partial charge in [0.05, 0.1) is 19.1 Å². The summed E-state index contributed by atoms with van der Waals surface area (Å²) in [5.74, 6) is -0.102. The molecule has 1 amide bonds. The van der Waals surface area contributed by atoms with Crippen LogP contribution in [0.5, 0.6) is 0 Å². The van der Waals surface area contributed by atoms with Crippen LogP contribution in [-0.4, -0.2) is 33.9 Å². The van der Waals surface area contributed by atoms with Gasteiger partial charge in [0.1, 0.15) is 0 Å². The van der Waals surface area contributed by atoms with Crippen molar-refractivity contribution in [1.29, 1.82) is 0 Å². The second-order valence-electron chi connectivity index (χ2n) is 3.11. The van der Waals surface area contributed by atoms with Crippen LogP contribution in [0.15, 0.2) is 12.3 Å². The number of nitrogens with one attached hydrogen (secondary N) is 2. The molecule has 1 atom stereocenters. The van der Waals surface area contributed by atoms with Gasteiger partial charge in [0.2, 0.25) is 5.91 Å². The number of aromatic nitrogens is 2. The summed E-state index contributed by atoms with van der Waals surface area (Å²) in [4.78, 5) is 11.4. The molecule has 1 aromatic heterocycles. The number of hydrogen-bond donors (Lipinski definition) is 3. The van der Waals surface area contributed by atoms with Gasteiger partial charge in [0, 0.05) is 11.9 Å². The van der Waals surface area contributed by atoms with Crippen LogP contribution in [0.1, 0.15) is 19.0 Å². The van der Waals surface area contributed by atoms with E-state index >= 15 is 0 Å². The van der Waals surface area contributed by atoms with E-state index in [4.69, 9.17) is 5.11 Å². The second-order valence-corrected chi connectivity index (χ2v) is 3.11. The predicted octanol–water partition coefficient (Wildman–Crippen LogP) is -0.161. The predicted molar refractivity (Wildman–Crippen MR) is 51.6 cm³/mol. The molecule has 0 aliphatic carbocycles. The van der Waals surface area contributed by atoms with Gasteiger partial charge in [-0.3, -0.25) is 9.89 Å². The summed E-state index contributed by atoms with van der Waals surface area (Å²) in [6.45, 7) is 1.89. The van der Waals surface area contributed by atoms with Gasteiger partial charge in [0.25, 0.3) is 0 Å². The lowest BCUT2D eigenvalue weighted by atomic mass is 10.2. The molecule has 0 bridgehead atoms. The smallest absolute Gasteiger partial charge is 0.226 e. The third-order valence-corrected chi connectivity index (χ3v) is 1.99. The second kappa shape index (κ2) is 5.39. The molecule has 1 rings (SSSR count). The van der Waals surface area contributed by atoms with Gasteiger partial charge in [-0.2, -0.15) is 5.10 Å². The average Bonchev–Trinajstić information content (AvgIpc) is 2.66. The largest absolute Gasteiger partial charge is 0.394 e. The van der Waals surface area contributed by atoms with Crippen molar-refractivity contribution in [3.8, 4) is 0 Å². The van der Waals surface area contributed by atoms with E-state index in [2.05, 4.69) is 15.5 Å². The molecule has 14 heavy (non-hydrogen) atoms. The van der Waals surface area contributed by atoms with E-state index in [0.29, 0.717) is 0 Å². The van der Waals surface area contributed by atoms with Gasteiger partial charge in [-0.1, -0.05) is 6.92 Å². The van der Waals surface area contributed by atoms with E-state index in [1.165, 1.54) is 0 Å². The molecule has 5 nitrogen and oxygen atoms in total. The summed E-state index contributed by atoms with van der Waals surface area (Å²) in [6.07, 6.45) is 2.60. The normalized spacial score (nSPS) is 12.4. The van der Waals surface area contributed by atoms with E-state index in [1.54, 1.807) is 12.3 Å². The lowest BCUT2D eigenvalue weighted by Crippen LogP contribution is -2.37. The first-order valence-electron chi connectivity index (χ1n) is 4.64. The minimum Gasteiger partial charge on any atom is -0.394 e. The maximum Gasteiger partial charge on any atom is 0.226 e. The number of hydrogen-bond acceptors (Lipinski definition) is 3. The zero-order valence-corrected chi connectivity index (χ0v) is 8.16. The Bertz CT molecular complexity index is 268. The standard InChI is InChI=1S/C9H15N3O2/c1-2-7(6-13)11-9(14)5-8-3-4-10-12-8/h3-4,7,13H,2,5-6H2,1H3,(H,10,12)(H,11,14). The van der Waals surface area contributed by atoms with Crippen molar-refractivity contribution in [2.75, 3.05) is 6.61 Å². The number of amides is 1. The minimum absolute atomic E-state index is 0.0226. The molecule has 0 saturated heterocycles. The maximum atomic E-state index is 11.4. The van der Waals surface area contributed by atoms with E-state index in [1.807, 2.05) is 6.92 Å². The van der Waals surface area contributed by atoms with Crippen LogP contribution < -0.4 is 5.32 Å². The Morgan fingerprint density at radius 1 is 1.79 bits per heavy atom. The molecule has 3 N–H and O–H groups in total. The van der Waals surface area contributed by atoms with E-state index in [-0.39, 0.29) is 25.0 Å². The van der Waals surface area contributed by atoms with Crippen molar-refractivity contribution in [3.05, 3.63) is 18.0 Å². The van der Waals surface area contributed by atoms with Gasteiger partial charge >= 0.3 is 0 Å². The van der Waals surface area contributed by atoms with E-state index < -0.39 is 0 Å². The van der Waals surface area contributed by atoms with Crippen LogP contribution in [0, 0.1) is 0 Å². The number of aromatic amines is 1. The Morgan fingerprint density at radius 3 is 3.07 bits per heavy atom. The molecule has 1 aromatic rings. The molecular formula is C9H15N3O2. The Balaban J connectivity index is 2.35. The highest BCUT2D eigenvalue weighted by Crippen LogP contribution is 1.95. The molecule has 0 aliphatic rings. The summed E-state index contributed by atoms with van der Waals surface area (Å²) < 4.78 is 0. The molecule has 78 valence electrons. The molecule has 0 aliphatic heterocycles.